The fraction of sp³-hybridized carbons (Fsp3) is 0.407. The molecule has 6 nitrogen and oxygen atoms in total. The number of hydrogen-bond acceptors (Lipinski definition) is 4. The van der Waals surface area contributed by atoms with Gasteiger partial charge in [0.2, 0.25) is 5.91 Å². The van der Waals surface area contributed by atoms with Gasteiger partial charge in [-0.05, 0) is 11.5 Å². The van der Waals surface area contributed by atoms with E-state index in [-0.39, 0.29) is 38.0 Å². The third-order valence-corrected chi connectivity index (χ3v) is 5.79. The third-order valence-electron chi connectivity index (χ3n) is 5.79. The van der Waals surface area contributed by atoms with Crippen LogP contribution in [0.1, 0.15) is 38.2 Å². The van der Waals surface area contributed by atoms with Gasteiger partial charge in [0.15, 0.2) is 0 Å². The van der Waals surface area contributed by atoms with E-state index in [0.29, 0.717) is 17.1 Å². The number of halogens is 2. The van der Waals surface area contributed by atoms with Crippen molar-refractivity contribution in [2.24, 2.45) is 11.1 Å². The summed E-state index contributed by atoms with van der Waals surface area (Å²) in [7, 11) is 1.42. The van der Waals surface area contributed by atoms with Gasteiger partial charge in [-0.2, -0.15) is 0 Å². The van der Waals surface area contributed by atoms with E-state index in [2.05, 4.69) is 0 Å². The molecule has 1 unspecified atom stereocenters. The number of hydrogen-bond donors (Lipinski definition) is 1. The van der Waals surface area contributed by atoms with Gasteiger partial charge in [-0.1, -0.05) is 69.3 Å². The SMILES string of the molecule is COCC(=O)N(CC(F)CN)[C@@H](c1nc(-c2ccccc2)cn1Cc1ccccc1F)C(C)(C)C. The zero-order valence-electron chi connectivity index (χ0n) is 20.7. The zero-order chi connectivity index (χ0) is 25.6. The molecule has 8 heteroatoms. The number of imidazole rings is 1. The Morgan fingerprint density at radius 3 is 2.40 bits per heavy atom. The molecule has 3 rings (SSSR count). The lowest BCUT2D eigenvalue weighted by molar-refractivity contribution is -0.141. The molecule has 1 heterocycles. The van der Waals surface area contributed by atoms with Gasteiger partial charge in [0.05, 0.1) is 24.8 Å². The van der Waals surface area contributed by atoms with Crippen LogP contribution in [-0.4, -0.2) is 53.3 Å². The summed E-state index contributed by atoms with van der Waals surface area (Å²) in [4.78, 5) is 19.5. The van der Waals surface area contributed by atoms with Crippen molar-refractivity contribution < 1.29 is 18.3 Å². The molecule has 0 aliphatic rings. The van der Waals surface area contributed by atoms with Crippen molar-refractivity contribution in [2.75, 3.05) is 26.8 Å². The smallest absolute Gasteiger partial charge is 0.249 e. The summed E-state index contributed by atoms with van der Waals surface area (Å²) in [6, 6.07) is 15.5. The highest BCUT2D eigenvalue weighted by atomic mass is 19.1. The predicted octanol–water partition coefficient (Wildman–Crippen LogP) is 4.60. The number of methoxy groups -OCH3 is 1. The molecular formula is C27H34F2N4O2. The lowest BCUT2D eigenvalue weighted by Crippen LogP contribution is -2.47. The van der Waals surface area contributed by atoms with Crippen LogP contribution in [0.5, 0.6) is 0 Å². The first kappa shape index (κ1) is 26.5. The molecule has 0 spiro atoms. The van der Waals surface area contributed by atoms with E-state index < -0.39 is 17.6 Å². The number of nitrogens with two attached hydrogens (primary N) is 1. The van der Waals surface area contributed by atoms with Crippen molar-refractivity contribution in [1.29, 1.82) is 0 Å². The molecule has 2 atom stereocenters. The maximum Gasteiger partial charge on any atom is 0.249 e. The van der Waals surface area contributed by atoms with Gasteiger partial charge in [-0.3, -0.25) is 4.79 Å². The fourth-order valence-corrected chi connectivity index (χ4v) is 4.17. The molecule has 2 N–H and O–H groups in total. The predicted molar refractivity (Wildman–Crippen MR) is 133 cm³/mol. The number of alkyl halides is 1. The Morgan fingerprint density at radius 2 is 1.80 bits per heavy atom. The summed E-state index contributed by atoms with van der Waals surface area (Å²) in [5, 5.41) is 0. The van der Waals surface area contributed by atoms with Crippen LogP contribution in [0.25, 0.3) is 11.3 Å². The van der Waals surface area contributed by atoms with Crippen LogP contribution in [0, 0.1) is 11.2 Å². The van der Waals surface area contributed by atoms with E-state index in [1.165, 1.54) is 18.1 Å². The molecule has 0 fully saturated rings. The summed E-state index contributed by atoms with van der Waals surface area (Å²) in [6.07, 6.45) is 0.439. The molecule has 0 aliphatic heterocycles. The number of rotatable bonds is 10. The highest BCUT2D eigenvalue weighted by Crippen LogP contribution is 2.39. The van der Waals surface area contributed by atoms with Crippen molar-refractivity contribution in [3.8, 4) is 11.3 Å². The van der Waals surface area contributed by atoms with Crippen LogP contribution in [-0.2, 0) is 16.1 Å². The first-order chi connectivity index (χ1) is 16.7. The lowest BCUT2D eigenvalue weighted by Gasteiger charge is -2.40. The van der Waals surface area contributed by atoms with Gasteiger partial charge in [0.25, 0.3) is 0 Å². The van der Waals surface area contributed by atoms with Crippen molar-refractivity contribution in [1.82, 2.24) is 14.5 Å². The van der Waals surface area contributed by atoms with E-state index in [0.717, 1.165) is 5.56 Å². The van der Waals surface area contributed by atoms with Gasteiger partial charge < -0.3 is 19.9 Å². The standard InChI is InChI=1S/C27H34F2N4O2/c1-27(2,3)25(33(16-21(28)14-30)24(34)18-35-4)26-31-23(19-10-6-5-7-11-19)17-32(26)15-20-12-8-9-13-22(20)29/h5-13,17,21,25H,14-16,18,30H2,1-4H3/t21?,25-/m0/s1. The number of benzene rings is 2. The summed E-state index contributed by atoms with van der Waals surface area (Å²) in [6.45, 7) is 5.47. The average molecular weight is 485 g/mol. The summed E-state index contributed by atoms with van der Waals surface area (Å²) in [5.74, 6) is -0.168. The number of carbonyl (C=O) groups is 1. The molecule has 35 heavy (non-hydrogen) atoms. The average Bonchev–Trinajstić information content (AvgIpc) is 3.23. The molecule has 2 aromatic carbocycles. The van der Waals surface area contributed by atoms with Crippen molar-refractivity contribution in [2.45, 2.75) is 39.5 Å². The molecular weight excluding hydrogens is 450 g/mol. The Morgan fingerprint density at radius 1 is 1.14 bits per heavy atom. The van der Waals surface area contributed by atoms with E-state index >= 15 is 0 Å². The monoisotopic (exact) mass is 484 g/mol. The normalized spacial score (nSPS) is 13.5. The van der Waals surface area contributed by atoms with Gasteiger partial charge in [-0.15, -0.1) is 0 Å². The van der Waals surface area contributed by atoms with Gasteiger partial charge in [0.1, 0.15) is 24.4 Å². The van der Waals surface area contributed by atoms with Crippen molar-refractivity contribution in [3.05, 3.63) is 78.0 Å². The number of amides is 1. The third kappa shape index (κ3) is 6.52. The minimum absolute atomic E-state index is 0.201. The van der Waals surface area contributed by atoms with Crippen LogP contribution in [0.15, 0.2) is 60.8 Å². The molecule has 0 radical (unpaired) electrons. The van der Waals surface area contributed by atoms with E-state index in [4.69, 9.17) is 15.5 Å². The highest BCUT2D eigenvalue weighted by Gasteiger charge is 2.39. The van der Waals surface area contributed by atoms with Crippen LogP contribution in [0.4, 0.5) is 8.78 Å². The van der Waals surface area contributed by atoms with E-state index in [1.54, 1.807) is 18.2 Å². The number of nitrogens with zero attached hydrogens (tertiary/aromatic N) is 3. The Hall–Kier alpha value is -3.10. The largest absolute Gasteiger partial charge is 0.375 e. The molecule has 1 aromatic heterocycles. The Kier molecular flexibility index (Phi) is 8.75. The molecule has 0 aliphatic carbocycles. The first-order valence-corrected chi connectivity index (χ1v) is 11.6. The molecule has 1 amide bonds. The number of ether oxygens (including phenoxy) is 1. The molecule has 188 valence electrons. The minimum Gasteiger partial charge on any atom is -0.375 e. The van der Waals surface area contributed by atoms with Crippen LogP contribution in [0.2, 0.25) is 0 Å². The van der Waals surface area contributed by atoms with E-state index in [1.807, 2.05) is 61.9 Å². The maximum absolute atomic E-state index is 14.6. The minimum atomic E-state index is -1.41. The van der Waals surface area contributed by atoms with Gasteiger partial charge >= 0.3 is 0 Å². The Balaban J connectivity index is 2.19. The molecule has 3 aromatic rings. The Labute approximate surface area is 205 Å². The lowest BCUT2D eigenvalue weighted by atomic mass is 9.84. The maximum atomic E-state index is 14.6. The summed E-state index contributed by atoms with van der Waals surface area (Å²) < 4.78 is 36.1. The molecule has 0 saturated heterocycles. The number of carbonyl (C=O) groups excluding carboxylic acids is 1. The van der Waals surface area contributed by atoms with E-state index in [9.17, 15) is 13.6 Å². The van der Waals surface area contributed by atoms with Crippen LogP contribution < -0.4 is 5.73 Å². The summed E-state index contributed by atoms with van der Waals surface area (Å²) in [5.41, 5.74) is 7.08. The second kappa shape index (κ2) is 11.6. The van der Waals surface area contributed by atoms with Gasteiger partial charge in [0, 0.05) is 31.0 Å². The van der Waals surface area contributed by atoms with Crippen molar-refractivity contribution >= 4 is 5.91 Å². The first-order valence-electron chi connectivity index (χ1n) is 11.6. The van der Waals surface area contributed by atoms with Crippen molar-refractivity contribution in [3.63, 3.8) is 0 Å². The summed E-state index contributed by atoms with van der Waals surface area (Å²) >= 11 is 0. The zero-order valence-corrected chi connectivity index (χ0v) is 20.7. The fourth-order valence-electron chi connectivity index (χ4n) is 4.17. The Bertz CT molecular complexity index is 1110. The quantitative estimate of drug-likeness (QED) is 0.457. The highest BCUT2D eigenvalue weighted by molar-refractivity contribution is 5.78. The topological polar surface area (TPSA) is 73.4 Å². The number of aromatic nitrogens is 2. The van der Waals surface area contributed by atoms with Crippen LogP contribution in [0.3, 0.4) is 0 Å². The molecule has 0 bridgehead atoms. The second-order valence-corrected chi connectivity index (χ2v) is 9.65. The van der Waals surface area contributed by atoms with Crippen LogP contribution >= 0.6 is 0 Å². The second-order valence-electron chi connectivity index (χ2n) is 9.65. The molecule has 0 saturated carbocycles. The van der Waals surface area contributed by atoms with Gasteiger partial charge in [-0.25, -0.2) is 13.8 Å².